The fourth-order valence-corrected chi connectivity index (χ4v) is 7.14. The summed E-state index contributed by atoms with van der Waals surface area (Å²) < 4.78 is 14.9. The summed E-state index contributed by atoms with van der Waals surface area (Å²) in [5.74, 6) is 2.44. The molecule has 0 heterocycles. The predicted molar refractivity (Wildman–Crippen MR) is 91.8 cm³/mol. The van der Waals surface area contributed by atoms with Gasteiger partial charge in [-0.05, 0) is 86.4 Å². The monoisotopic (exact) mass is 320 g/mol. The molecular formula is C21H33FO. The Labute approximate surface area is 140 Å². The average molecular weight is 320 g/mol. The van der Waals surface area contributed by atoms with Gasteiger partial charge in [0.15, 0.2) is 0 Å². The lowest BCUT2D eigenvalue weighted by molar-refractivity contribution is -0.0839. The molecule has 4 aliphatic carbocycles. The topological polar surface area (TPSA) is 20.2 Å². The first-order valence-corrected chi connectivity index (χ1v) is 9.75. The normalized spacial score (nSPS) is 58.9. The van der Waals surface area contributed by atoms with Crippen LogP contribution in [0.5, 0.6) is 0 Å². The molecule has 2 heteroatoms. The van der Waals surface area contributed by atoms with Crippen molar-refractivity contribution in [1.82, 2.24) is 0 Å². The first-order chi connectivity index (χ1) is 10.7. The van der Waals surface area contributed by atoms with Gasteiger partial charge in [-0.2, -0.15) is 0 Å². The summed E-state index contributed by atoms with van der Waals surface area (Å²) in [6.07, 6.45) is 9.49. The molecule has 0 aromatic rings. The number of hydrogen-bond donors (Lipinski definition) is 1. The highest BCUT2D eigenvalue weighted by atomic mass is 19.1. The minimum Gasteiger partial charge on any atom is -0.389 e. The molecule has 4 rings (SSSR count). The van der Waals surface area contributed by atoms with E-state index in [9.17, 15) is 9.50 Å². The second-order valence-electron chi connectivity index (χ2n) is 10.0. The van der Waals surface area contributed by atoms with Gasteiger partial charge in [0.25, 0.3) is 0 Å². The van der Waals surface area contributed by atoms with Gasteiger partial charge >= 0.3 is 0 Å². The zero-order chi connectivity index (χ0) is 16.6. The number of hydrogen-bond acceptors (Lipinski definition) is 1. The quantitative estimate of drug-likeness (QED) is 0.602. The van der Waals surface area contributed by atoms with Crippen molar-refractivity contribution >= 4 is 0 Å². The van der Waals surface area contributed by atoms with E-state index in [0.717, 1.165) is 18.8 Å². The second-order valence-corrected chi connectivity index (χ2v) is 10.0. The Morgan fingerprint density at radius 3 is 2.61 bits per heavy atom. The van der Waals surface area contributed by atoms with Crippen molar-refractivity contribution < 1.29 is 9.50 Å². The summed E-state index contributed by atoms with van der Waals surface area (Å²) in [5.41, 5.74) is 0.425. The Balaban J connectivity index is 1.70. The number of halogens is 1. The SMILES string of the molecule is C[C@H]1CC[C@@]2(C)C(=CC[C@H]3[C@@H]4C[C@@](C)(F)[C@H](O)[C@@]4(C)CC[C@@H]32)C1. The molecule has 0 radical (unpaired) electrons. The molecule has 3 fully saturated rings. The van der Waals surface area contributed by atoms with Crippen molar-refractivity contribution in [2.45, 2.75) is 84.4 Å². The zero-order valence-corrected chi connectivity index (χ0v) is 15.2. The summed E-state index contributed by atoms with van der Waals surface area (Å²) >= 11 is 0. The summed E-state index contributed by atoms with van der Waals surface area (Å²) in [6, 6.07) is 0. The van der Waals surface area contributed by atoms with Crippen LogP contribution in [0.15, 0.2) is 11.6 Å². The summed E-state index contributed by atoms with van der Waals surface area (Å²) in [4.78, 5) is 0. The Kier molecular flexibility index (Phi) is 3.39. The third-order valence-electron chi connectivity index (χ3n) is 8.60. The Morgan fingerprint density at radius 2 is 1.87 bits per heavy atom. The minimum absolute atomic E-state index is 0.214. The molecule has 0 unspecified atom stereocenters. The Hall–Kier alpha value is -0.370. The van der Waals surface area contributed by atoms with E-state index in [2.05, 4.69) is 26.8 Å². The van der Waals surface area contributed by atoms with Crippen LogP contribution in [-0.2, 0) is 0 Å². The molecule has 0 spiro atoms. The van der Waals surface area contributed by atoms with E-state index in [4.69, 9.17) is 0 Å². The lowest BCUT2D eigenvalue weighted by Crippen LogP contribution is -2.51. The van der Waals surface area contributed by atoms with Crippen LogP contribution in [0.1, 0.15) is 72.6 Å². The third kappa shape index (κ3) is 2.06. The highest BCUT2D eigenvalue weighted by Crippen LogP contribution is 2.66. The first-order valence-electron chi connectivity index (χ1n) is 9.75. The van der Waals surface area contributed by atoms with Crippen molar-refractivity contribution in [1.29, 1.82) is 0 Å². The van der Waals surface area contributed by atoms with E-state index in [1.807, 2.05) is 0 Å². The predicted octanol–water partition coefficient (Wildman–Crippen LogP) is 5.28. The number of aliphatic hydroxyl groups excluding tert-OH is 1. The lowest BCUT2D eigenvalue weighted by Gasteiger charge is -2.57. The fraction of sp³-hybridized carbons (Fsp3) is 0.905. The van der Waals surface area contributed by atoms with Crippen LogP contribution in [0, 0.1) is 34.5 Å². The van der Waals surface area contributed by atoms with Crippen LogP contribution >= 0.6 is 0 Å². The van der Waals surface area contributed by atoms with E-state index in [1.165, 1.54) is 25.7 Å². The van der Waals surface area contributed by atoms with Gasteiger partial charge < -0.3 is 5.11 Å². The molecule has 0 saturated heterocycles. The van der Waals surface area contributed by atoms with Crippen LogP contribution in [-0.4, -0.2) is 16.9 Å². The zero-order valence-electron chi connectivity index (χ0n) is 15.2. The van der Waals surface area contributed by atoms with Gasteiger partial charge in [-0.1, -0.05) is 32.4 Å². The molecule has 0 amide bonds. The summed E-state index contributed by atoms with van der Waals surface area (Å²) in [6.45, 7) is 8.66. The van der Waals surface area contributed by atoms with Crippen molar-refractivity contribution in [3.8, 4) is 0 Å². The van der Waals surface area contributed by atoms with Crippen LogP contribution in [0.4, 0.5) is 4.39 Å². The largest absolute Gasteiger partial charge is 0.389 e. The van der Waals surface area contributed by atoms with E-state index in [0.29, 0.717) is 29.6 Å². The van der Waals surface area contributed by atoms with Gasteiger partial charge in [-0.3, -0.25) is 0 Å². The minimum atomic E-state index is -1.40. The Bertz CT molecular complexity index is 538. The van der Waals surface area contributed by atoms with E-state index >= 15 is 0 Å². The van der Waals surface area contributed by atoms with Gasteiger partial charge in [0.1, 0.15) is 5.67 Å². The molecule has 0 aliphatic heterocycles. The van der Waals surface area contributed by atoms with Crippen molar-refractivity contribution in [2.24, 2.45) is 34.5 Å². The first kappa shape index (κ1) is 16.1. The van der Waals surface area contributed by atoms with Gasteiger partial charge in [0.2, 0.25) is 0 Å². The van der Waals surface area contributed by atoms with Crippen molar-refractivity contribution in [3.05, 3.63) is 11.6 Å². The standard InChI is InChI=1S/C21H33FO/c1-13-7-9-19(2)14(11-13)5-6-15-16(19)8-10-20(3)17(15)12-21(4,22)18(20)23/h5,13,15-18,23H,6-12H2,1-4H3/t13-,15+,16-,17-,18+,19-,20-,21+/m0/s1. The van der Waals surface area contributed by atoms with Gasteiger partial charge in [0.05, 0.1) is 6.10 Å². The van der Waals surface area contributed by atoms with E-state index in [-0.39, 0.29) is 5.41 Å². The highest BCUT2D eigenvalue weighted by molar-refractivity contribution is 5.26. The van der Waals surface area contributed by atoms with Crippen LogP contribution in [0.2, 0.25) is 0 Å². The molecule has 8 atom stereocenters. The number of fused-ring (bicyclic) bond motifs is 5. The van der Waals surface area contributed by atoms with Gasteiger partial charge in [-0.15, -0.1) is 0 Å². The fourth-order valence-electron chi connectivity index (χ4n) is 7.14. The molecular weight excluding hydrogens is 287 g/mol. The molecule has 130 valence electrons. The molecule has 0 aromatic heterocycles. The molecule has 4 aliphatic rings. The maximum absolute atomic E-state index is 14.9. The van der Waals surface area contributed by atoms with Crippen molar-refractivity contribution in [3.63, 3.8) is 0 Å². The van der Waals surface area contributed by atoms with Crippen LogP contribution < -0.4 is 0 Å². The number of rotatable bonds is 0. The number of aliphatic hydroxyl groups is 1. The lowest BCUT2D eigenvalue weighted by atomic mass is 9.47. The molecule has 0 bridgehead atoms. The maximum atomic E-state index is 14.9. The summed E-state index contributed by atoms with van der Waals surface area (Å²) in [5, 5.41) is 10.6. The van der Waals surface area contributed by atoms with Crippen molar-refractivity contribution in [2.75, 3.05) is 0 Å². The second kappa shape index (κ2) is 4.84. The molecule has 23 heavy (non-hydrogen) atoms. The molecule has 1 N–H and O–H groups in total. The van der Waals surface area contributed by atoms with Crippen LogP contribution in [0.25, 0.3) is 0 Å². The number of alkyl halides is 1. The Morgan fingerprint density at radius 1 is 1.13 bits per heavy atom. The van der Waals surface area contributed by atoms with Gasteiger partial charge in [0, 0.05) is 0 Å². The van der Waals surface area contributed by atoms with Crippen LogP contribution in [0.3, 0.4) is 0 Å². The number of allylic oxidation sites excluding steroid dienone is 2. The smallest absolute Gasteiger partial charge is 0.134 e. The molecule has 0 aromatic carbocycles. The third-order valence-corrected chi connectivity index (χ3v) is 8.60. The summed E-state index contributed by atoms with van der Waals surface area (Å²) in [7, 11) is 0. The van der Waals surface area contributed by atoms with Gasteiger partial charge in [-0.25, -0.2) is 4.39 Å². The van der Waals surface area contributed by atoms with E-state index in [1.54, 1.807) is 12.5 Å². The molecule has 3 saturated carbocycles. The maximum Gasteiger partial charge on any atom is 0.134 e. The highest BCUT2D eigenvalue weighted by Gasteiger charge is 2.64. The molecule has 1 nitrogen and oxygen atoms in total. The average Bonchev–Trinajstić information content (AvgIpc) is 2.68. The van der Waals surface area contributed by atoms with E-state index < -0.39 is 11.8 Å².